The van der Waals surface area contributed by atoms with E-state index >= 15 is 0 Å². The summed E-state index contributed by atoms with van der Waals surface area (Å²) in [4.78, 5) is 15.5. The Hall–Kier alpha value is -8.42. The van der Waals surface area contributed by atoms with Crippen LogP contribution in [-0.2, 0) is 23.8 Å². The lowest BCUT2D eigenvalue weighted by Crippen LogP contribution is -2.25. The minimum atomic E-state index is -0.101. The van der Waals surface area contributed by atoms with E-state index in [2.05, 4.69) is 264 Å². The van der Waals surface area contributed by atoms with Crippen LogP contribution in [0.25, 0.3) is 72.0 Å². The first-order valence-electron chi connectivity index (χ1n) is 28.9. The highest BCUT2D eigenvalue weighted by Gasteiger charge is 2.35. The average molecular weight is 1050 g/mol. The van der Waals surface area contributed by atoms with E-state index in [1.54, 1.807) is 0 Å². The van der Waals surface area contributed by atoms with Crippen molar-refractivity contribution in [3.63, 3.8) is 0 Å². The fraction of sp³-hybridized carbons (Fsp3) is 0.260. The quantitative estimate of drug-likeness (QED) is 0.137. The number of hydrogen-bond acceptors (Lipinski definition) is 5. The summed E-state index contributed by atoms with van der Waals surface area (Å²) in [5.41, 5.74) is 21.1. The molecule has 0 amide bonds. The number of para-hydroxylation sites is 1. The first-order chi connectivity index (χ1) is 38.6. The molecule has 2 aliphatic heterocycles. The second kappa shape index (κ2) is 19.7. The van der Waals surface area contributed by atoms with E-state index < -0.39 is 0 Å². The van der Waals surface area contributed by atoms with Gasteiger partial charge in [-0.3, -0.25) is 4.57 Å². The number of anilines is 4. The van der Waals surface area contributed by atoms with Gasteiger partial charge < -0.3 is 19.1 Å². The highest BCUT2D eigenvalue weighted by molar-refractivity contribution is 6.09. The van der Waals surface area contributed by atoms with Crippen LogP contribution in [0.1, 0.15) is 122 Å². The van der Waals surface area contributed by atoms with Gasteiger partial charge in [-0.2, -0.15) is 0 Å². The van der Waals surface area contributed by atoms with E-state index in [-0.39, 0.29) is 10.8 Å². The molecule has 11 aromatic rings. The Morgan fingerprint density at radius 3 is 1.84 bits per heavy atom. The Labute approximate surface area is 472 Å². The Kier molecular flexibility index (Phi) is 12.6. The largest absolute Gasteiger partial charge is 0.457 e. The number of aromatic nitrogens is 4. The molecule has 0 unspecified atom stereocenters. The third kappa shape index (κ3) is 9.01. The third-order valence-corrected chi connectivity index (χ3v) is 16.8. The van der Waals surface area contributed by atoms with Gasteiger partial charge in [-0.25, -0.2) is 9.97 Å². The fourth-order valence-electron chi connectivity index (χ4n) is 12.6. The van der Waals surface area contributed by atoms with Crippen molar-refractivity contribution in [1.82, 2.24) is 19.1 Å². The highest BCUT2D eigenvalue weighted by Crippen LogP contribution is 2.54. The summed E-state index contributed by atoms with van der Waals surface area (Å²) in [5, 5.41) is 2.33. The summed E-state index contributed by atoms with van der Waals surface area (Å²) in [6, 6.07) is 65.1. The molecule has 0 saturated heterocycles. The lowest BCUT2D eigenvalue weighted by atomic mass is 9.82. The molecule has 0 atom stereocenters. The van der Waals surface area contributed by atoms with E-state index in [0.29, 0.717) is 18.5 Å². The smallest absolute Gasteiger partial charge is 0.137 e. The molecule has 2 aliphatic rings. The molecule has 0 aliphatic carbocycles. The molecule has 0 bridgehead atoms. The lowest BCUT2D eigenvalue weighted by Gasteiger charge is -2.30. The molecule has 0 fully saturated rings. The molecule has 0 N–H and O–H groups in total. The van der Waals surface area contributed by atoms with Gasteiger partial charge in [0.2, 0.25) is 0 Å². The zero-order valence-corrected chi connectivity index (χ0v) is 48.1. The van der Waals surface area contributed by atoms with Gasteiger partial charge in [0.15, 0.2) is 0 Å². The zero-order valence-electron chi connectivity index (χ0n) is 48.1. The standard InChI is InChI=1S/C73H72N6O/c1-46(2)56-27-21-28-57(47(3)4)70(56)50-36-53(41-55(37-50)80-54-31-32-59-58-26-17-18-29-63(58)79(64(59)42-54)69-40-51(33-34-74-69)72(5,6)7)77-45-78(67-44-65-62(43-66(67)77)75-68-30-19-20-35-76(65)68)71-60(48-22-13-11-14-23-48)38-52(73(8,9)10)39-61(71)49-24-15-12-16-25-49/h11-18,21-29,31-34,36-44,46-47H,19-20,30,35,45H2,1-10H3. The van der Waals surface area contributed by atoms with Crippen molar-refractivity contribution >= 4 is 55.6 Å². The zero-order chi connectivity index (χ0) is 55.2. The van der Waals surface area contributed by atoms with Crippen LogP contribution in [0, 0.1) is 0 Å². The molecule has 7 heteroatoms. The molecular weight excluding hydrogens is 977 g/mol. The van der Waals surface area contributed by atoms with Crippen LogP contribution in [0.4, 0.5) is 22.7 Å². The van der Waals surface area contributed by atoms with Gasteiger partial charge in [0.1, 0.15) is 29.8 Å². The number of imidazole rings is 1. The van der Waals surface area contributed by atoms with Gasteiger partial charge in [-0.05, 0) is 147 Å². The predicted molar refractivity (Wildman–Crippen MR) is 335 cm³/mol. The maximum absolute atomic E-state index is 7.35. The summed E-state index contributed by atoms with van der Waals surface area (Å²) in [7, 11) is 0. The SMILES string of the molecule is CC(C)c1cccc(C(C)C)c1-c1cc(Oc2ccc3c4ccccc4n(-c4cc(C(C)(C)C)ccn4)c3c2)cc(N2CN(c3c(-c4ccccc4)cc(C(C)(C)C)cc3-c3ccccc3)c3cc4c(cc32)nc2n4CCCC2)c1. The number of rotatable bonds is 10. The molecule has 0 saturated carbocycles. The first-order valence-corrected chi connectivity index (χ1v) is 28.9. The van der Waals surface area contributed by atoms with Crippen LogP contribution in [-0.4, -0.2) is 25.8 Å². The topological polar surface area (TPSA) is 51.4 Å². The second-order valence-electron chi connectivity index (χ2n) is 25.0. The minimum Gasteiger partial charge on any atom is -0.457 e. The molecule has 7 nitrogen and oxygen atoms in total. The average Bonchev–Trinajstić information content (AvgIpc) is 4.22. The van der Waals surface area contributed by atoms with Crippen molar-refractivity contribution in [3.05, 3.63) is 210 Å². The molecule has 80 heavy (non-hydrogen) atoms. The number of pyridine rings is 1. The van der Waals surface area contributed by atoms with Gasteiger partial charge in [-0.1, -0.05) is 166 Å². The summed E-state index contributed by atoms with van der Waals surface area (Å²) in [6.07, 6.45) is 5.24. The monoisotopic (exact) mass is 1050 g/mol. The molecule has 5 heterocycles. The number of fused-ring (bicyclic) bond motifs is 7. The van der Waals surface area contributed by atoms with Gasteiger partial charge in [0, 0.05) is 58.9 Å². The van der Waals surface area contributed by atoms with Crippen molar-refractivity contribution < 1.29 is 4.74 Å². The van der Waals surface area contributed by atoms with Gasteiger partial charge >= 0.3 is 0 Å². The van der Waals surface area contributed by atoms with Crippen molar-refractivity contribution in [2.45, 2.75) is 118 Å². The number of aryl methyl sites for hydroxylation is 2. The molecule has 0 radical (unpaired) electrons. The molecule has 400 valence electrons. The predicted octanol–water partition coefficient (Wildman–Crippen LogP) is 19.7. The second-order valence-corrected chi connectivity index (χ2v) is 25.0. The Morgan fingerprint density at radius 2 is 1.16 bits per heavy atom. The number of hydrogen-bond donors (Lipinski definition) is 0. The Bertz CT molecular complexity index is 4080. The van der Waals surface area contributed by atoms with Crippen LogP contribution in [0.15, 0.2) is 182 Å². The van der Waals surface area contributed by atoms with Gasteiger partial charge in [-0.15, -0.1) is 0 Å². The van der Waals surface area contributed by atoms with Crippen LogP contribution in [0.2, 0.25) is 0 Å². The number of benzene rings is 8. The third-order valence-electron chi connectivity index (χ3n) is 16.8. The number of nitrogens with zero attached hydrogens (tertiary/aromatic N) is 6. The maximum Gasteiger partial charge on any atom is 0.137 e. The summed E-state index contributed by atoms with van der Waals surface area (Å²) < 4.78 is 12.1. The molecule has 8 aromatic carbocycles. The van der Waals surface area contributed by atoms with E-state index in [4.69, 9.17) is 14.7 Å². The Morgan fingerprint density at radius 1 is 0.512 bits per heavy atom. The van der Waals surface area contributed by atoms with Crippen molar-refractivity contribution in [1.29, 1.82) is 0 Å². The molecule has 3 aromatic heterocycles. The molecule has 13 rings (SSSR count). The maximum atomic E-state index is 7.35. The van der Waals surface area contributed by atoms with Crippen LogP contribution >= 0.6 is 0 Å². The molecule has 0 spiro atoms. The number of ether oxygens (including phenoxy) is 1. The van der Waals surface area contributed by atoms with E-state index in [1.165, 1.54) is 72.5 Å². The first kappa shape index (κ1) is 51.0. The van der Waals surface area contributed by atoms with Crippen LogP contribution in [0.3, 0.4) is 0 Å². The summed E-state index contributed by atoms with van der Waals surface area (Å²) >= 11 is 0. The van der Waals surface area contributed by atoms with Crippen molar-refractivity contribution in [3.8, 4) is 50.7 Å². The van der Waals surface area contributed by atoms with E-state index in [0.717, 1.165) is 87.7 Å². The van der Waals surface area contributed by atoms with Gasteiger partial charge in [0.05, 0.1) is 39.1 Å². The highest BCUT2D eigenvalue weighted by atomic mass is 16.5. The van der Waals surface area contributed by atoms with Crippen molar-refractivity contribution in [2.75, 3.05) is 16.5 Å². The minimum absolute atomic E-state index is 0.0424. The van der Waals surface area contributed by atoms with Gasteiger partial charge in [0.25, 0.3) is 0 Å². The van der Waals surface area contributed by atoms with E-state index in [9.17, 15) is 0 Å². The lowest BCUT2D eigenvalue weighted by molar-refractivity contribution is 0.483. The summed E-state index contributed by atoms with van der Waals surface area (Å²) in [6.45, 7) is 24.5. The Balaban J connectivity index is 1.04. The van der Waals surface area contributed by atoms with Crippen LogP contribution in [0.5, 0.6) is 11.5 Å². The molecular formula is C73H72N6O. The fourth-order valence-corrected chi connectivity index (χ4v) is 12.6. The van der Waals surface area contributed by atoms with Crippen molar-refractivity contribution in [2.24, 2.45) is 0 Å². The normalized spacial score (nSPS) is 13.8. The summed E-state index contributed by atoms with van der Waals surface area (Å²) in [5.74, 6) is 4.17. The van der Waals surface area contributed by atoms with E-state index in [1.807, 2.05) is 6.20 Å². The van der Waals surface area contributed by atoms with Crippen LogP contribution < -0.4 is 14.5 Å².